The molecule has 1 amide bonds. The maximum Gasteiger partial charge on any atom is 0.275 e. The first-order valence-electron chi connectivity index (χ1n) is 7.35. The van der Waals surface area contributed by atoms with Crippen LogP contribution in [0.1, 0.15) is 54.3 Å². The molecule has 0 saturated carbocycles. The Morgan fingerprint density at radius 3 is 2.62 bits per heavy atom. The molecule has 2 heterocycles. The summed E-state index contributed by atoms with van der Waals surface area (Å²) in [6, 6.07) is 4.00. The van der Waals surface area contributed by atoms with Gasteiger partial charge in [-0.3, -0.25) is 9.78 Å². The fraction of sp³-hybridized carbons (Fsp3) is 0.438. The van der Waals surface area contributed by atoms with Gasteiger partial charge in [-0.05, 0) is 38.3 Å². The van der Waals surface area contributed by atoms with Gasteiger partial charge in [0.05, 0.1) is 12.2 Å². The molecule has 2 aromatic rings. The zero-order valence-corrected chi connectivity index (χ0v) is 13.1. The number of aromatic nitrogens is 3. The Hall–Kier alpha value is -2.17. The van der Waals surface area contributed by atoms with Gasteiger partial charge in [0, 0.05) is 11.8 Å². The van der Waals surface area contributed by atoms with Crippen molar-refractivity contribution in [2.45, 2.75) is 46.6 Å². The standard InChI is InChI=1S/C16H22N4O/c1-5-13(6-2)20-15(12(4)10-18-20)19-16(21)14-11(3)8-7-9-17-14/h7-10,13H,5-6H2,1-4H3,(H,19,21). The molecule has 112 valence electrons. The summed E-state index contributed by atoms with van der Waals surface area (Å²) in [4.78, 5) is 16.6. The predicted molar refractivity (Wildman–Crippen MR) is 83.5 cm³/mol. The lowest BCUT2D eigenvalue weighted by Gasteiger charge is -2.17. The fourth-order valence-corrected chi connectivity index (χ4v) is 2.41. The Morgan fingerprint density at radius 2 is 2.00 bits per heavy atom. The summed E-state index contributed by atoms with van der Waals surface area (Å²) in [6.07, 6.45) is 5.37. The number of nitrogens with zero attached hydrogens (tertiary/aromatic N) is 3. The molecule has 0 aliphatic carbocycles. The highest BCUT2D eigenvalue weighted by atomic mass is 16.2. The summed E-state index contributed by atoms with van der Waals surface area (Å²) in [7, 11) is 0. The molecule has 5 nitrogen and oxygen atoms in total. The molecule has 21 heavy (non-hydrogen) atoms. The van der Waals surface area contributed by atoms with Crippen LogP contribution >= 0.6 is 0 Å². The van der Waals surface area contributed by atoms with Gasteiger partial charge in [-0.25, -0.2) is 4.68 Å². The highest BCUT2D eigenvalue weighted by Gasteiger charge is 2.18. The van der Waals surface area contributed by atoms with Crippen LogP contribution in [0.2, 0.25) is 0 Å². The highest BCUT2D eigenvalue weighted by Crippen LogP contribution is 2.24. The molecule has 0 saturated heterocycles. The summed E-state index contributed by atoms with van der Waals surface area (Å²) >= 11 is 0. The monoisotopic (exact) mass is 286 g/mol. The van der Waals surface area contributed by atoms with Crippen LogP contribution in [0, 0.1) is 13.8 Å². The highest BCUT2D eigenvalue weighted by molar-refractivity contribution is 6.03. The van der Waals surface area contributed by atoms with Gasteiger partial charge in [-0.1, -0.05) is 19.9 Å². The van der Waals surface area contributed by atoms with Crippen molar-refractivity contribution in [1.29, 1.82) is 0 Å². The van der Waals surface area contributed by atoms with Crippen LogP contribution in [0.5, 0.6) is 0 Å². The number of hydrogen-bond donors (Lipinski definition) is 1. The van der Waals surface area contributed by atoms with E-state index in [1.54, 1.807) is 12.4 Å². The third-order valence-electron chi connectivity index (χ3n) is 3.72. The number of pyridine rings is 1. The maximum absolute atomic E-state index is 12.4. The van der Waals surface area contributed by atoms with Crippen molar-refractivity contribution in [2.75, 3.05) is 5.32 Å². The number of rotatable bonds is 5. The molecule has 0 aliphatic rings. The first-order valence-corrected chi connectivity index (χ1v) is 7.35. The number of anilines is 1. The lowest BCUT2D eigenvalue weighted by atomic mass is 10.2. The number of amides is 1. The van der Waals surface area contributed by atoms with Crippen LogP contribution in [0.15, 0.2) is 24.5 Å². The molecular formula is C16H22N4O. The van der Waals surface area contributed by atoms with Gasteiger partial charge in [0.15, 0.2) is 0 Å². The van der Waals surface area contributed by atoms with Crippen molar-refractivity contribution in [3.8, 4) is 0 Å². The smallest absolute Gasteiger partial charge is 0.275 e. The van der Waals surface area contributed by atoms with Crippen LogP contribution in [0.25, 0.3) is 0 Å². The minimum absolute atomic E-state index is 0.191. The third kappa shape index (κ3) is 3.12. The van der Waals surface area contributed by atoms with Crippen LogP contribution in [0.4, 0.5) is 5.82 Å². The minimum Gasteiger partial charge on any atom is -0.305 e. The Kier molecular flexibility index (Phi) is 4.73. The van der Waals surface area contributed by atoms with Crippen molar-refractivity contribution in [3.63, 3.8) is 0 Å². The molecule has 5 heteroatoms. The predicted octanol–water partition coefficient (Wildman–Crippen LogP) is 3.51. The Labute approximate surface area is 125 Å². The number of carbonyl (C=O) groups is 1. The first kappa shape index (κ1) is 15.2. The second-order valence-corrected chi connectivity index (χ2v) is 5.21. The SMILES string of the molecule is CCC(CC)n1ncc(C)c1NC(=O)c1ncccc1C. The molecule has 1 N–H and O–H groups in total. The first-order chi connectivity index (χ1) is 10.1. The number of aryl methyl sites for hydroxylation is 2. The second kappa shape index (κ2) is 6.52. The average molecular weight is 286 g/mol. The fourth-order valence-electron chi connectivity index (χ4n) is 2.41. The Bertz CT molecular complexity index is 629. The van der Waals surface area contributed by atoms with Crippen LogP contribution < -0.4 is 5.32 Å². The molecule has 2 aromatic heterocycles. The lowest BCUT2D eigenvalue weighted by molar-refractivity contribution is 0.102. The van der Waals surface area contributed by atoms with E-state index in [9.17, 15) is 4.79 Å². The average Bonchev–Trinajstić information content (AvgIpc) is 2.83. The molecule has 0 unspecified atom stereocenters. The van der Waals surface area contributed by atoms with Crippen molar-refractivity contribution in [3.05, 3.63) is 41.3 Å². The van der Waals surface area contributed by atoms with E-state index >= 15 is 0 Å². The molecule has 0 radical (unpaired) electrons. The Morgan fingerprint density at radius 1 is 1.29 bits per heavy atom. The van der Waals surface area contributed by atoms with Crippen LogP contribution in [-0.4, -0.2) is 20.7 Å². The summed E-state index contributed by atoms with van der Waals surface area (Å²) in [5, 5.41) is 7.37. The van der Waals surface area contributed by atoms with Gasteiger partial charge in [0.1, 0.15) is 11.5 Å². The third-order valence-corrected chi connectivity index (χ3v) is 3.72. The normalized spacial score (nSPS) is 10.9. The molecule has 0 aliphatic heterocycles. The molecule has 0 bridgehead atoms. The molecule has 0 spiro atoms. The quantitative estimate of drug-likeness (QED) is 0.915. The van der Waals surface area contributed by atoms with Crippen LogP contribution in [0.3, 0.4) is 0 Å². The summed E-state index contributed by atoms with van der Waals surface area (Å²) < 4.78 is 1.91. The number of hydrogen-bond acceptors (Lipinski definition) is 3. The largest absolute Gasteiger partial charge is 0.305 e. The summed E-state index contributed by atoms with van der Waals surface area (Å²) in [6.45, 7) is 8.08. The van der Waals surface area contributed by atoms with E-state index in [-0.39, 0.29) is 5.91 Å². The second-order valence-electron chi connectivity index (χ2n) is 5.21. The zero-order valence-electron chi connectivity index (χ0n) is 13.1. The number of carbonyl (C=O) groups excluding carboxylic acids is 1. The van der Waals surface area contributed by atoms with Gasteiger partial charge in [0.25, 0.3) is 5.91 Å². The van der Waals surface area contributed by atoms with Gasteiger partial charge < -0.3 is 5.32 Å². The molecule has 0 fully saturated rings. The van der Waals surface area contributed by atoms with E-state index in [1.165, 1.54) is 0 Å². The van der Waals surface area contributed by atoms with E-state index in [4.69, 9.17) is 0 Å². The van der Waals surface area contributed by atoms with Gasteiger partial charge in [0.2, 0.25) is 0 Å². The summed E-state index contributed by atoms with van der Waals surface area (Å²) in [5.74, 6) is 0.572. The van der Waals surface area contributed by atoms with E-state index in [0.717, 1.165) is 29.8 Å². The topological polar surface area (TPSA) is 59.8 Å². The van der Waals surface area contributed by atoms with Gasteiger partial charge in [-0.15, -0.1) is 0 Å². The van der Waals surface area contributed by atoms with Gasteiger partial charge in [-0.2, -0.15) is 5.10 Å². The van der Waals surface area contributed by atoms with Crippen molar-refractivity contribution in [1.82, 2.24) is 14.8 Å². The maximum atomic E-state index is 12.4. The summed E-state index contributed by atoms with van der Waals surface area (Å²) in [5.41, 5.74) is 2.28. The molecule has 2 rings (SSSR count). The van der Waals surface area contributed by atoms with Crippen molar-refractivity contribution < 1.29 is 4.79 Å². The lowest BCUT2D eigenvalue weighted by Crippen LogP contribution is -2.20. The Balaban J connectivity index is 2.30. The van der Waals surface area contributed by atoms with Crippen molar-refractivity contribution >= 4 is 11.7 Å². The van der Waals surface area contributed by atoms with Gasteiger partial charge >= 0.3 is 0 Å². The molecule has 0 atom stereocenters. The van der Waals surface area contributed by atoms with E-state index in [1.807, 2.05) is 30.7 Å². The van der Waals surface area contributed by atoms with E-state index < -0.39 is 0 Å². The van der Waals surface area contributed by atoms with E-state index in [0.29, 0.717) is 11.7 Å². The molecule has 0 aromatic carbocycles. The minimum atomic E-state index is -0.191. The molecular weight excluding hydrogens is 264 g/mol. The van der Waals surface area contributed by atoms with E-state index in [2.05, 4.69) is 29.2 Å². The van der Waals surface area contributed by atoms with Crippen molar-refractivity contribution in [2.24, 2.45) is 0 Å². The number of nitrogens with one attached hydrogen (secondary N) is 1. The van der Waals surface area contributed by atoms with Crippen LogP contribution in [-0.2, 0) is 0 Å². The zero-order chi connectivity index (χ0) is 15.4.